The van der Waals surface area contributed by atoms with Crippen LogP contribution in [0.3, 0.4) is 0 Å². The van der Waals surface area contributed by atoms with Crippen molar-refractivity contribution in [3.05, 3.63) is 53.7 Å². The van der Waals surface area contributed by atoms with Crippen molar-refractivity contribution < 1.29 is 0 Å². The molecular weight excluding hydrogens is 210 g/mol. The molecule has 17 heavy (non-hydrogen) atoms. The fourth-order valence-electron chi connectivity index (χ4n) is 1.67. The molecule has 2 rings (SSSR count). The van der Waals surface area contributed by atoms with Crippen molar-refractivity contribution in [1.82, 2.24) is 4.98 Å². The molecule has 3 heteroatoms. The minimum Gasteiger partial charge on any atom is -0.329 e. The molecule has 0 amide bonds. The van der Waals surface area contributed by atoms with Crippen LogP contribution in [0.4, 0.5) is 11.5 Å². The standard InChI is InChI=1S/C14H17N3/c1-11-3-5-13(6-4-11)17(2)14-9-12(10-15)7-8-16-14/h3-9H,10,15H2,1-2H3. The summed E-state index contributed by atoms with van der Waals surface area (Å²) in [5, 5.41) is 0. The van der Waals surface area contributed by atoms with Crippen molar-refractivity contribution in [2.75, 3.05) is 11.9 Å². The summed E-state index contributed by atoms with van der Waals surface area (Å²) >= 11 is 0. The molecule has 0 bridgehead atoms. The van der Waals surface area contributed by atoms with Gasteiger partial charge < -0.3 is 10.6 Å². The summed E-state index contributed by atoms with van der Waals surface area (Å²) in [6.07, 6.45) is 1.79. The van der Waals surface area contributed by atoms with Gasteiger partial charge in [-0.1, -0.05) is 17.7 Å². The molecule has 0 aliphatic heterocycles. The second kappa shape index (κ2) is 4.97. The quantitative estimate of drug-likeness (QED) is 0.876. The lowest BCUT2D eigenvalue weighted by Gasteiger charge is -2.18. The molecule has 3 nitrogen and oxygen atoms in total. The topological polar surface area (TPSA) is 42.1 Å². The Bertz CT molecular complexity index is 491. The van der Waals surface area contributed by atoms with Gasteiger partial charge in [0.15, 0.2) is 0 Å². The highest BCUT2D eigenvalue weighted by Gasteiger charge is 2.05. The van der Waals surface area contributed by atoms with E-state index < -0.39 is 0 Å². The van der Waals surface area contributed by atoms with Crippen LogP contribution in [0.2, 0.25) is 0 Å². The molecule has 2 N–H and O–H groups in total. The zero-order valence-corrected chi connectivity index (χ0v) is 10.2. The Kier molecular flexibility index (Phi) is 3.40. The molecule has 0 atom stereocenters. The maximum atomic E-state index is 5.63. The Balaban J connectivity index is 2.29. The van der Waals surface area contributed by atoms with E-state index in [1.54, 1.807) is 6.20 Å². The number of anilines is 2. The van der Waals surface area contributed by atoms with Gasteiger partial charge in [-0.25, -0.2) is 4.98 Å². The normalized spacial score (nSPS) is 10.3. The van der Waals surface area contributed by atoms with Crippen LogP contribution < -0.4 is 10.6 Å². The molecule has 88 valence electrons. The van der Waals surface area contributed by atoms with Crippen LogP contribution in [-0.4, -0.2) is 12.0 Å². The average Bonchev–Trinajstić information content (AvgIpc) is 2.39. The van der Waals surface area contributed by atoms with Crippen LogP contribution in [0.5, 0.6) is 0 Å². The van der Waals surface area contributed by atoms with E-state index in [-0.39, 0.29) is 0 Å². The second-order valence-corrected chi connectivity index (χ2v) is 4.12. The van der Waals surface area contributed by atoms with Gasteiger partial charge in [-0.05, 0) is 36.8 Å². The van der Waals surface area contributed by atoms with Crippen LogP contribution in [0.15, 0.2) is 42.6 Å². The molecule has 1 heterocycles. The Morgan fingerprint density at radius 1 is 1.18 bits per heavy atom. The Morgan fingerprint density at radius 3 is 2.53 bits per heavy atom. The predicted octanol–water partition coefficient (Wildman–Crippen LogP) is 2.62. The summed E-state index contributed by atoms with van der Waals surface area (Å²) in [5.74, 6) is 0.914. The molecule has 0 fully saturated rings. The zero-order chi connectivity index (χ0) is 12.3. The summed E-state index contributed by atoms with van der Waals surface area (Å²) in [4.78, 5) is 6.41. The first kappa shape index (κ1) is 11.6. The summed E-state index contributed by atoms with van der Waals surface area (Å²) in [7, 11) is 2.01. The SMILES string of the molecule is Cc1ccc(N(C)c2cc(CN)ccn2)cc1. The first-order valence-corrected chi connectivity index (χ1v) is 5.66. The van der Waals surface area contributed by atoms with Gasteiger partial charge in [-0.2, -0.15) is 0 Å². The van der Waals surface area contributed by atoms with E-state index in [4.69, 9.17) is 5.73 Å². The van der Waals surface area contributed by atoms with Gasteiger partial charge in [0.1, 0.15) is 5.82 Å². The molecule has 1 aromatic heterocycles. The molecule has 0 aliphatic rings. The number of aromatic nitrogens is 1. The number of aryl methyl sites for hydroxylation is 1. The lowest BCUT2D eigenvalue weighted by atomic mass is 10.2. The van der Waals surface area contributed by atoms with Gasteiger partial charge in [-0.3, -0.25) is 0 Å². The fraction of sp³-hybridized carbons (Fsp3) is 0.214. The molecule has 0 saturated heterocycles. The van der Waals surface area contributed by atoms with E-state index in [0.29, 0.717) is 6.54 Å². The monoisotopic (exact) mass is 227 g/mol. The van der Waals surface area contributed by atoms with E-state index in [9.17, 15) is 0 Å². The Morgan fingerprint density at radius 2 is 1.88 bits per heavy atom. The van der Waals surface area contributed by atoms with Crippen molar-refractivity contribution >= 4 is 11.5 Å². The van der Waals surface area contributed by atoms with E-state index in [0.717, 1.165) is 17.1 Å². The minimum absolute atomic E-state index is 0.539. The second-order valence-electron chi connectivity index (χ2n) is 4.12. The molecule has 0 unspecified atom stereocenters. The van der Waals surface area contributed by atoms with Gasteiger partial charge in [-0.15, -0.1) is 0 Å². The molecule has 0 spiro atoms. The number of nitrogens with zero attached hydrogens (tertiary/aromatic N) is 2. The van der Waals surface area contributed by atoms with Crippen LogP contribution in [0.1, 0.15) is 11.1 Å². The van der Waals surface area contributed by atoms with Gasteiger partial charge in [0.05, 0.1) is 0 Å². The highest BCUT2D eigenvalue weighted by Crippen LogP contribution is 2.22. The number of benzene rings is 1. The van der Waals surface area contributed by atoms with Gasteiger partial charge >= 0.3 is 0 Å². The van der Waals surface area contributed by atoms with Crippen molar-refractivity contribution in [2.45, 2.75) is 13.5 Å². The molecule has 0 aliphatic carbocycles. The first-order valence-electron chi connectivity index (χ1n) is 5.66. The van der Waals surface area contributed by atoms with Gasteiger partial charge in [0.25, 0.3) is 0 Å². The summed E-state index contributed by atoms with van der Waals surface area (Å²) in [5.41, 5.74) is 9.10. The smallest absolute Gasteiger partial charge is 0.132 e. The molecule has 1 aromatic carbocycles. The largest absolute Gasteiger partial charge is 0.329 e. The summed E-state index contributed by atoms with van der Waals surface area (Å²) in [6, 6.07) is 12.3. The lowest BCUT2D eigenvalue weighted by Crippen LogP contribution is -2.11. The van der Waals surface area contributed by atoms with Crippen molar-refractivity contribution in [2.24, 2.45) is 5.73 Å². The summed E-state index contributed by atoms with van der Waals surface area (Å²) < 4.78 is 0. The van der Waals surface area contributed by atoms with E-state index in [1.807, 2.05) is 19.2 Å². The molecule has 0 saturated carbocycles. The zero-order valence-electron chi connectivity index (χ0n) is 10.2. The highest BCUT2D eigenvalue weighted by molar-refractivity contribution is 5.59. The number of hydrogen-bond acceptors (Lipinski definition) is 3. The van der Waals surface area contributed by atoms with E-state index in [1.165, 1.54) is 5.56 Å². The lowest BCUT2D eigenvalue weighted by molar-refractivity contribution is 1.04. The van der Waals surface area contributed by atoms with E-state index in [2.05, 4.69) is 41.1 Å². The Labute approximate surface area is 102 Å². The molecular formula is C14H17N3. The van der Waals surface area contributed by atoms with Crippen LogP contribution in [0, 0.1) is 6.92 Å². The van der Waals surface area contributed by atoms with Gasteiger partial charge in [0.2, 0.25) is 0 Å². The molecule has 0 radical (unpaired) electrons. The number of rotatable bonds is 3. The van der Waals surface area contributed by atoms with Gasteiger partial charge in [0, 0.05) is 25.5 Å². The van der Waals surface area contributed by atoms with Crippen molar-refractivity contribution in [1.29, 1.82) is 0 Å². The number of hydrogen-bond donors (Lipinski definition) is 1. The Hall–Kier alpha value is -1.87. The molecule has 2 aromatic rings. The first-order chi connectivity index (χ1) is 8.20. The maximum Gasteiger partial charge on any atom is 0.132 e. The van der Waals surface area contributed by atoms with Crippen LogP contribution in [-0.2, 0) is 6.54 Å². The number of pyridine rings is 1. The van der Waals surface area contributed by atoms with Crippen LogP contribution >= 0.6 is 0 Å². The van der Waals surface area contributed by atoms with Crippen LogP contribution in [0.25, 0.3) is 0 Å². The maximum absolute atomic E-state index is 5.63. The minimum atomic E-state index is 0.539. The van der Waals surface area contributed by atoms with E-state index >= 15 is 0 Å². The van der Waals surface area contributed by atoms with Crippen molar-refractivity contribution in [3.63, 3.8) is 0 Å². The summed E-state index contributed by atoms with van der Waals surface area (Å²) in [6.45, 7) is 2.62. The predicted molar refractivity (Wildman–Crippen MR) is 71.4 cm³/mol. The third-order valence-corrected chi connectivity index (χ3v) is 2.81. The highest BCUT2D eigenvalue weighted by atomic mass is 15.2. The third-order valence-electron chi connectivity index (χ3n) is 2.81. The average molecular weight is 227 g/mol. The number of nitrogens with two attached hydrogens (primary N) is 1. The van der Waals surface area contributed by atoms with Crippen molar-refractivity contribution in [3.8, 4) is 0 Å². The third kappa shape index (κ3) is 2.63. The fourth-order valence-corrected chi connectivity index (χ4v) is 1.67.